The average Bonchev–Trinajstić information content (AvgIpc) is 3.31. The molecule has 0 N–H and O–H groups in total. The topological polar surface area (TPSA) is 92.8 Å². The highest BCUT2D eigenvalue weighted by molar-refractivity contribution is 7.89. The number of piperidine rings is 1. The first-order valence-electron chi connectivity index (χ1n) is 9.38. The maximum absolute atomic E-state index is 12.7. The van der Waals surface area contributed by atoms with Gasteiger partial charge in [0.15, 0.2) is 5.58 Å². The van der Waals surface area contributed by atoms with Crippen LogP contribution >= 0.6 is 0 Å². The predicted molar refractivity (Wildman–Crippen MR) is 98.9 cm³/mol. The molecule has 0 unspecified atom stereocenters. The van der Waals surface area contributed by atoms with Gasteiger partial charge >= 0.3 is 5.76 Å². The van der Waals surface area contributed by atoms with E-state index in [1.54, 1.807) is 11.0 Å². The summed E-state index contributed by atoms with van der Waals surface area (Å²) < 4.78 is 33.3. The minimum Gasteiger partial charge on any atom is -0.408 e. The molecule has 1 aromatic carbocycles. The Morgan fingerprint density at radius 1 is 1.00 bits per heavy atom. The van der Waals surface area contributed by atoms with E-state index in [-0.39, 0.29) is 22.9 Å². The van der Waals surface area contributed by atoms with Gasteiger partial charge in [0.1, 0.15) is 6.54 Å². The van der Waals surface area contributed by atoms with Crippen molar-refractivity contribution in [3.05, 3.63) is 28.7 Å². The summed E-state index contributed by atoms with van der Waals surface area (Å²) in [5, 5.41) is 0. The van der Waals surface area contributed by atoms with Crippen LogP contribution in [0.2, 0.25) is 0 Å². The zero-order valence-electron chi connectivity index (χ0n) is 15.1. The molecule has 9 heteroatoms. The van der Waals surface area contributed by atoms with Crippen molar-refractivity contribution in [2.24, 2.45) is 0 Å². The van der Waals surface area contributed by atoms with E-state index in [0.29, 0.717) is 31.7 Å². The molecule has 2 saturated heterocycles. The lowest BCUT2D eigenvalue weighted by Crippen LogP contribution is -2.39. The van der Waals surface area contributed by atoms with Crippen LogP contribution in [0.25, 0.3) is 11.1 Å². The van der Waals surface area contributed by atoms with Gasteiger partial charge in [-0.15, -0.1) is 0 Å². The Balaban J connectivity index is 1.63. The number of fused-ring (bicyclic) bond motifs is 1. The molecule has 3 heterocycles. The normalized spacial score (nSPS) is 19.0. The second kappa shape index (κ2) is 7.12. The molecule has 8 nitrogen and oxygen atoms in total. The Kier molecular flexibility index (Phi) is 4.81. The highest BCUT2D eigenvalue weighted by Crippen LogP contribution is 2.24. The van der Waals surface area contributed by atoms with Gasteiger partial charge in [0, 0.05) is 32.2 Å². The molecule has 0 aliphatic carbocycles. The number of aromatic nitrogens is 1. The van der Waals surface area contributed by atoms with Crippen LogP contribution in [0.15, 0.2) is 32.3 Å². The molecular formula is C18H23N3O5S. The van der Waals surface area contributed by atoms with Crippen molar-refractivity contribution >= 4 is 27.0 Å². The molecule has 1 aromatic heterocycles. The Hall–Kier alpha value is -2.13. The van der Waals surface area contributed by atoms with Gasteiger partial charge in [-0.2, -0.15) is 4.31 Å². The number of sulfonamides is 1. The van der Waals surface area contributed by atoms with Gasteiger partial charge in [-0.25, -0.2) is 13.2 Å². The summed E-state index contributed by atoms with van der Waals surface area (Å²) in [5.74, 6) is -0.764. The largest absolute Gasteiger partial charge is 0.420 e. The number of carbonyl (C=O) groups excluding carboxylic acids is 1. The van der Waals surface area contributed by atoms with Gasteiger partial charge < -0.3 is 9.32 Å². The number of rotatable bonds is 4. The molecule has 0 spiro atoms. The number of nitrogens with zero attached hydrogens (tertiary/aromatic N) is 3. The van der Waals surface area contributed by atoms with Gasteiger partial charge in [0.25, 0.3) is 0 Å². The molecule has 0 radical (unpaired) electrons. The second-order valence-electron chi connectivity index (χ2n) is 7.14. The van der Waals surface area contributed by atoms with E-state index >= 15 is 0 Å². The molecule has 0 atom stereocenters. The zero-order valence-corrected chi connectivity index (χ0v) is 15.9. The fraction of sp³-hybridized carbons (Fsp3) is 0.556. The molecule has 27 heavy (non-hydrogen) atoms. The smallest absolute Gasteiger partial charge is 0.408 e. The summed E-state index contributed by atoms with van der Waals surface area (Å²) >= 11 is 0. The number of amides is 1. The molecule has 0 bridgehead atoms. The summed E-state index contributed by atoms with van der Waals surface area (Å²) in [7, 11) is -3.59. The third kappa shape index (κ3) is 3.41. The highest BCUT2D eigenvalue weighted by atomic mass is 32.2. The monoisotopic (exact) mass is 393 g/mol. The van der Waals surface area contributed by atoms with Crippen molar-refractivity contribution in [1.82, 2.24) is 13.8 Å². The molecular weight excluding hydrogens is 370 g/mol. The van der Waals surface area contributed by atoms with Crippen molar-refractivity contribution in [2.75, 3.05) is 26.2 Å². The van der Waals surface area contributed by atoms with Crippen molar-refractivity contribution < 1.29 is 17.6 Å². The standard InChI is InChI=1S/C18H23N3O5S/c22-17(19-8-2-1-3-9-19)13-21-15-7-6-14(12-16(15)26-18(21)23)27(24,25)20-10-4-5-11-20/h6-7,12H,1-5,8-11,13H2. The van der Waals surface area contributed by atoms with Gasteiger partial charge in [-0.05, 0) is 44.2 Å². The number of hydrogen-bond acceptors (Lipinski definition) is 5. The van der Waals surface area contributed by atoms with Gasteiger partial charge in [-0.1, -0.05) is 0 Å². The summed E-state index contributed by atoms with van der Waals surface area (Å²) in [5.41, 5.74) is 0.623. The van der Waals surface area contributed by atoms with Gasteiger partial charge in [-0.3, -0.25) is 9.36 Å². The molecule has 2 aromatic rings. The summed E-state index contributed by atoms with van der Waals surface area (Å²) in [4.78, 5) is 26.6. The lowest BCUT2D eigenvalue weighted by atomic mass is 10.1. The lowest BCUT2D eigenvalue weighted by molar-refractivity contribution is -0.132. The van der Waals surface area contributed by atoms with E-state index in [0.717, 1.165) is 32.1 Å². The highest BCUT2D eigenvalue weighted by Gasteiger charge is 2.28. The van der Waals surface area contributed by atoms with Crippen LogP contribution in [0.1, 0.15) is 32.1 Å². The van der Waals surface area contributed by atoms with E-state index in [1.165, 1.54) is 21.0 Å². The quantitative estimate of drug-likeness (QED) is 0.783. The summed E-state index contributed by atoms with van der Waals surface area (Å²) in [6, 6.07) is 4.41. The molecule has 2 aliphatic heterocycles. The van der Waals surface area contributed by atoms with Gasteiger partial charge in [0.2, 0.25) is 15.9 Å². The molecule has 2 aliphatic rings. The molecule has 1 amide bonds. The van der Waals surface area contributed by atoms with Crippen molar-refractivity contribution in [1.29, 1.82) is 0 Å². The van der Waals surface area contributed by atoms with Crippen molar-refractivity contribution in [2.45, 2.75) is 43.5 Å². The van der Waals surface area contributed by atoms with E-state index < -0.39 is 15.8 Å². The average molecular weight is 393 g/mol. The minimum absolute atomic E-state index is 0.0932. The summed E-state index contributed by atoms with van der Waals surface area (Å²) in [6.07, 6.45) is 4.78. The van der Waals surface area contributed by atoms with Crippen LogP contribution in [0.4, 0.5) is 0 Å². The number of likely N-dealkylation sites (tertiary alicyclic amines) is 1. The number of carbonyl (C=O) groups is 1. The number of benzene rings is 1. The van der Waals surface area contributed by atoms with Crippen LogP contribution in [0.5, 0.6) is 0 Å². The van der Waals surface area contributed by atoms with Crippen molar-refractivity contribution in [3.8, 4) is 0 Å². The van der Waals surface area contributed by atoms with E-state index in [4.69, 9.17) is 4.42 Å². The van der Waals surface area contributed by atoms with Crippen LogP contribution < -0.4 is 5.76 Å². The molecule has 4 rings (SSSR count). The Morgan fingerprint density at radius 2 is 1.67 bits per heavy atom. The minimum atomic E-state index is -3.59. The van der Waals surface area contributed by atoms with E-state index in [9.17, 15) is 18.0 Å². The van der Waals surface area contributed by atoms with Crippen molar-refractivity contribution in [3.63, 3.8) is 0 Å². The first-order chi connectivity index (χ1) is 13.0. The van der Waals surface area contributed by atoms with Crippen LogP contribution in [-0.2, 0) is 21.4 Å². The van der Waals surface area contributed by atoms with Crippen LogP contribution in [-0.4, -0.2) is 54.3 Å². The number of oxazole rings is 1. The maximum atomic E-state index is 12.7. The predicted octanol–water partition coefficient (Wildman–Crippen LogP) is 1.39. The maximum Gasteiger partial charge on any atom is 0.420 e. The third-order valence-electron chi connectivity index (χ3n) is 5.34. The summed E-state index contributed by atoms with van der Waals surface area (Å²) in [6.45, 7) is 2.35. The van der Waals surface area contributed by atoms with E-state index in [2.05, 4.69) is 0 Å². The SMILES string of the molecule is O=C(Cn1c(=O)oc2cc(S(=O)(=O)N3CCCC3)ccc21)N1CCCCC1. The Morgan fingerprint density at radius 3 is 2.37 bits per heavy atom. The van der Waals surface area contributed by atoms with E-state index in [1.807, 2.05) is 0 Å². The first-order valence-corrected chi connectivity index (χ1v) is 10.8. The molecule has 146 valence electrons. The first kappa shape index (κ1) is 18.2. The number of hydrogen-bond donors (Lipinski definition) is 0. The molecule has 2 fully saturated rings. The fourth-order valence-electron chi connectivity index (χ4n) is 3.81. The Bertz CT molecular complexity index is 1010. The van der Waals surface area contributed by atoms with Crippen LogP contribution in [0, 0.1) is 0 Å². The zero-order chi connectivity index (χ0) is 19.0. The van der Waals surface area contributed by atoms with Crippen LogP contribution in [0.3, 0.4) is 0 Å². The lowest BCUT2D eigenvalue weighted by Gasteiger charge is -2.26. The fourth-order valence-corrected chi connectivity index (χ4v) is 5.35. The third-order valence-corrected chi connectivity index (χ3v) is 7.24. The molecule has 0 saturated carbocycles. The Labute approximate surface area is 157 Å². The second-order valence-corrected chi connectivity index (χ2v) is 9.07. The van der Waals surface area contributed by atoms with Gasteiger partial charge in [0.05, 0.1) is 10.4 Å².